The van der Waals surface area contributed by atoms with Gasteiger partial charge in [-0.1, -0.05) is 29.8 Å². The Kier molecular flexibility index (Phi) is 5.40. The van der Waals surface area contributed by atoms with Crippen LogP contribution in [0.3, 0.4) is 0 Å². The van der Waals surface area contributed by atoms with Gasteiger partial charge in [-0.2, -0.15) is 0 Å². The molecule has 1 aliphatic carbocycles. The van der Waals surface area contributed by atoms with Gasteiger partial charge in [0.25, 0.3) is 0 Å². The molecule has 0 bridgehead atoms. The van der Waals surface area contributed by atoms with Crippen molar-refractivity contribution in [1.29, 1.82) is 0 Å². The second-order valence-corrected chi connectivity index (χ2v) is 7.51. The summed E-state index contributed by atoms with van der Waals surface area (Å²) in [5.74, 6) is -0.541. The van der Waals surface area contributed by atoms with Gasteiger partial charge in [0.2, 0.25) is 5.78 Å². The number of benzene rings is 2. The summed E-state index contributed by atoms with van der Waals surface area (Å²) < 4.78 is 16.1. The highest BCUT2D eigenvalue weighted by atomic mass is 16.6. The largest absolute Gasteiger partial charge is 0.482 e. The molecule has 1 atom stereocenters. The Morgan fingerprint density at radius 1 is 1.07 bits per heavy atom. The Morgan fingerprint density at radius 2 is 1.80 bits per heavy atom. The van der Waals surface area contributed by atoms with E-state index in [1.54, 1.807) is 24.3 Å². The van der Waals surface area contributed by atoms with E-state index in [2.05, 4.69) is 0 Å². The van der Waals surface area contributed by atoms with Gasteiger partial charge in [0.05, 0.1) is 0 Å². The Bertz CT molecular complexity index is 1170. The van der Waals surface area contributed by atoms with Gasteiger partial charge >= 0.3 is 11.6 Å². The van der Waals surface area contributed by atoms with Crippen molar-refractivity contribution in [3.63, 3.8) is 0 Å². The topological polar surface area (TPSA) is 82.8 Å². The van der Waals surface area contributed by atoms with Gasteiger partial charge in [0, 0.05) is 22.6 Å². The number of carbonyl (C=O) groups excluding carboxylic acids is 2. The molecule has 0 spiro atoms. The smallest absolute Gasteiger partial charge is 0.344 e. The number of aryl methyl sites for hydroxylation is 2. The van der Waals surface area contributed by atoms with Gasteiger partial charge in [-0.05, 0) is 50.8 Å². The predicted molar refractivity (Wildman–Crippen MR) is 111 cm³/mol. The van der Waals surface area contributed by atoms with Gasteiger partial charge in [-0.15, -0.1) is 0 Å². The van der Waals surface area contributed by atoms with E-state index < -0.39 is 12.1 Å². The van der Waals surface area contributed by atoms with Crippen LogP contribution in [-0.4, -0.2) is 24.5 Å². The molecule has 154 valence electrons. The lowest BCUT2D eigenvalue weighted by atomic mass is 10.1. The lowest BCUT2D eigenvalue weighted by molar-refractivity contribution is -0.148. The molecule has 3 aromatic rings. The zero-order chi connectivity index (χ0) is 21.3. The molecule has 6 heteroatoms. The number of hydrogen-bond acceptors (Lipinski definition) is 6. The van der Waals surface area contributed by atoms with Crippen LogP contribution >= 0.6 is 0 Å². The van der Waals surface area contributed by atoms with Crippen LogP contribution < -0.4 is 10.4 Å². The number of fused-ring (bicyclic) bond motifs is 3. The average molecular weight is 406 g/mol. The second-order valence-electron chi connectivity index (χ2n) is 7.51. The lowest BCUT2D eigenvalue weighted by Gasteiger charge is -2.13. The lowest BCUT2D eigenvalue weighted by Crippen LogP contribution is -2.27. The van der Waals surface area contributed by atoms with E-state index in [0.29, 0.717) is 16.9 Å². The molecule has 6 nitrogen and oxygen atoms in total. The fourth-order valence-corrected chi connectivity index (χ4v) is 3.73. The van der Waals surface area contributed by atoms with Crippen molar-refractivity contribution >= 4 is 22.7 Å². The first-order valence-corrected chi connectivity index (χ1v) is 9.94. The minimum atomic E-state index is -0.916. The minimum absolute atomic E-state index is 0.273. The summed E-state index contributed by atoms with van der Waals surface area (Å²) in [5.41, 5.74) is 3.45. The van der Waals surface area contributed by atoms with Crippen LogP contribution in [-0.2, 0) is 22.4 Å². The number of ether oxygens (including phenoxy) is 2. The highest BCUT2D eigenvalue weighted by Crippen LogP contribution is 2.29. The van der Waals surface area contributed by atoms with Crippen LogP contribution in [0.1, 0.15) is 40.4 Å². The number of hydrogen-bond donors (Lipinski definition) is 0. The molecule has 1 heterocycles. The molecule has 30 heavy (non-hydrogen) atoms. The van der Waals surface area contributed by atoms with E-state index in [4.69, 9.17) is 13.9 Å². The first kappa shape index (κ1) is 19.9. The van der Waals surface area contributed by atoms with Crippen LogP contribution in [0.4, 0.5) is 0 Å². The molecular formula is C24H22O6. The van der Waals surface area contributed by atoms with Gasteiger partial charge in [-0.3, -0.25) is 4.79 Å². The van der Waals surface area contributed by atoms with E-state index >= 15 is 0 Å². The second kappa shape index (κ2) is 8.14. The van der Waals surface area contributed by atoms with E-state index in [9.17, 15) is 14.4 Å². The monoisotopic (exact) mass is 406 g/mol. The molecule has 0 saturated heterocycles. The fraction of sp³-hybridized carbons (Fsp3) is 0.292. The molecular weight excluding hydrogens is 384 g/mol. The number of rotatable bonds is 6. The van der Waals surface area contributed by atoms with Crippen LogP contribution in [0.5, 0.6) is 5.75 Å². The maximum Gasteiger partial charge on any atom is 0.344 e. The highest BCUT2D eigenvalue weighted by Gasteiger charge is 2.21. The molecule has 0 N–H and O–H groups in total. The molecule has 0 saturated carbocycles. The zero-order valence-electron chi connectivity index (χ0n) is 16.9. The number of Topliss-reactive ketones (excluding diaryl/α,β-unsaturated/α-hetero) is 1. The van der Waals surface area contributed by atoms with Crippen molar-refractivity contribution in [2.45, 2.75) is 39.2 Å². The molecule has 0 amide bonds. The van der Waals surface area contributed by atoms with Crippen LogP contribution in [0.15, 0.2) is 51.7 Å². The van der Waals surface area contributed by atoms with Crippen molar-refractivity contribution in [3.05, 3.63) is 75.1 Å². The van der Waals surface area contributed by atoms with E-state index in [1.165, 1.54) is 6.92 Å². The summed E-state index contributed by atoms with van der Waals surface area (Å²) in [6.07, 6.45) is 1.64. The van der Waals surface area contributed by atoms with Crippen molar-refractivity contribution in [3.8, 4) is 5.75 Å². The molecule has 4 rings (SSSR count). The third-order valence-corrected chi connectivity index (χ3v) is 5.32. The SMILES string of the molecule is Cc1ccc(C(=O)[C@@H](C)OC(=O)COc2ccc3c4c(c(=O)oc3c2)CCC4)cc1. The van der Waals surface area contributed by atoms with E-state index in [0.717, 1.165) is 41.3 Å². The summed E-state index contributed by atoms with van der Waals surface area (Å²) in [6.45, 7) is 3.11. The van der Waals surface area contributed by atoms with Crippen LogP contribution in [0, 0.1) is 6.92 Å². The first-order chi connectivity index (χ1) is 14.4. The Hall–Kier alpha value is -3.41. The fourth-order valence-electron chi connectivity index (χ4n) is 3.73. The summed E-state index contributed by atoms with van der Waals surface area (Å²) >= 11 is 0. The highest BCUT2D eigenvalue weighted by molar-refractivity contribution is 6.00. The number of esters is 1. The molecule has 1 aliphatic rings. The summed E-state index contributed by atoms with van der Waals surface area (Å²) in [6, 6.07) is 12.2. The van der Waals surface area contributed by atoms with Gasteiger partial charge < -0.3 is 13.9 Å². The maximum absolute atomic E-state index is 12.4. The van der Waals surface area contributed by atoms with E-state index in [-0.39, 0.29) is 18.0 Å². The predicted octanol–water partition coefficient (Wildman–Crippen LogP) is 3.78. The van der Waals surface area contributed by atoms with E-state index in [1.807, 2.05) is 25.1 Å². The van der Waals surface area contributed by atoms with Gasteiger partial charge in [0.15, 0.2) is 12.7 Å². The van der Waals surface area contributed by atoms with Gasteiger partial charge in [0.1, 0.15) is 11.3 Å². The van der Waals surface area contributed by atoms with Crippen molar-refractivity contribution in [2.24, 2.45) is 0 Å². The van der Waals surface area contributed by atoms with Crippen molar-refractivity contribution < 1.29 is 23.5 Å². The summed E-state index contributed by atoms with van der Waals surface area (Å²) in [5, 5.41) is 0.898. The normalized spacial score (nSPS) is 13.7. The first-order valence-electron chi connectivity index (χ1n) is 9.94. The van der Waals surface area contributed by atoms with Crippen LogP contribution in [0.25, 0.3) is 11.0 Å². The molecule has 2 aromatic carbocycles. The Labute approximate surface area is 173 Å². The maximum atomic E-state index is 12.4. The summed E-state index contributed by atoms with van der Waals surface area (Å²) in [4.78, 5) is 36.6. The standard InChI is InChI=1S/C24H22O6/c1-14-6-8-16(9-7-14)23(26)15(2)29-22(25)13-28-17-10-11-19-18-4-3-5-20(18)24(27)30-21(19)12-17/h6-12,15H,3-5,13H2,1-2H3/t15-/m1/s1. The molecule has 0 aliphatic heterocycles. The third kappa shape index (κ3) is 3.99. The zero-order valence-corrected chi connectivity index (χ0v) is 16.9. The minimum Gasteiger partial charge on any atom is -0.482 e. The van der Waals surface area contributed by atoms with Gasteiger partial charge in [-0.25, -0.2) is 9.59 Å². The average Bonchev–Trinajstić information content (AvgIpc) is 3.23. The summed E-state index contributed by atoms with van der Waals surface area (Å²) in [7, 11) is 0. The van der Waals surface area contributed by atoms with Crippen molar-refractivity contribution in [1.82, 2.24) is 0 Å². The molecule has 0 unspecified atom stereocenters. The third-order valence-electron chi connectivity index (χ3n) is 5.32. The molecule has 0 fully saturated rings. The number of ketones is 1. The van der Waals surface area contributed by atoms with Crippen LogP contribution in [0.2, 0.25) is 0 Å². The Balaban J connectivity index is 1.39. The number of carbonyl (C=O) groups is 2. The molecule has 0 radical (unpaired) electrons. The van der Waals surface area contributed by atoms with Crippen molar-refractivity contribution in [2.75, 3.05) is 6.61 Å². The quantitative estimate of drug-likeness (QED) is 0.352. The molecule has 1 aromatic heterocycles. The Morgan fingerprint density at radius 3 is 2.57 bits per heavy atom.